The number of hydrogen-bond acceptors (Lipinski definition) is 3. The van der Waals surface area contributed by atoms with Crippen LogP contribution >= 0.6 is 0 Å². The fraction of sp³-hybridized carbons (Fsp3) is 0.611. The highest BCUT2D eigenvalue weighted by molar-refractivity contribution is 5.80. The number of nitrogens with one attached hydrogen (secondary N) is 1. The molecule has 1 N–H and O–H groups in total. The maximum absolute atomic E-state index is 5.24. The summed E-state index contributed by atoms with van der Waals surface area (Å²) in [6, 6.07) is 8.45. The van der Waals surface area contributed by atoms with Crippen LogP contribution in [0.2, 0.25) is 0 Å². The summed E-state index contributed by atoms with van der Waals surface area (Å²) in [6.07, 6.45) is 1.17. The van der Waals surface area contributed by atoms with Crippen molar-refractivity contribution in [3.63, 3.8) is 0 Å². The average molecular weight is 318 g/mol. The van der Waals surface area contributed by atoms with E-state index >= 15 is 0 Å². The highest BCUT2D eigenvalue weighted by Gasteiger charge is 2.25. The third-order valence-electron chi connectivity index (χ3n) is 4.60. The van der Waals surface area contributed by atoms with E-state index in [-0.39, 0.29) is 0 Å². The van der Waals surface area contributed by atoms with Gasteiger partial charge in [-0.15, -0.1) is 0 Å². The number of guanidine groups is 1. The first-order chi connectivity index (χ1) is 11.2. The van der Waals surface area contributed by atoms with Crippen LogP contribution in [0.15, 0.2) is 29.3 Å². The maximum Gasteiger partial charge on any atom is 0.193 e. The molecule has 1 heterocycles. The van der Waals surface area contributed by atoms with E-state index in [0.29, 0.717) is 5.92 Å². The minimum atomic E-state index is 0.567. The van der Waals surface area contributed by atoms with Crippen LogP contribution in [0.4, 0.5) is 0 Å². The third kappa shape index (κ3) is 4.86. The van der Waals surface area contributed by atoms with Crippen molar-refractivity contribution in [1.29, 1.82) is 0 Å². The van der Waals surface area contributed by atoms with E-state index in [2.05, 4.69) is 46.2 Å². The van der Waals surface area contributed by atoms with Crippen LogP contribution in [-0.4, -0.2) is 69.7 Å². The molecule has 0 amide bonds. The van der Waals surface area contributed by atoms with Crippen molar-refractivity contribution in [3.05, 3.63) is 29.8 Å². The van der Waals surface area contributed by atoms with Gasteiger partial charge in [0.15, 0.2) is 5.96 Å². The highest BCUT2D eigenvalue weighted by Crippen LogP contribution is 2.28. The van der Waals surface area contributed by atoms with Gasteiger partial charge in [0.1, 0.15) is 5.75 Å². The lowest BCUT2D eigenvalue weighted by Gasteiger charge is -2.23. The predicted octanol–water partition coefficient (Wildman–Crippen LogP) is 2.01. The zero-order valence-corrected chi connectivity index (χ0v) is 14.9. The number of methoxy groups -OCH3 is 1. The molecular formula is C18H30N4O. The smallest absolute Gasteiger partial charge is 0.193 e. The van der Waals surface area contributed by atoms with Crippen LogP contribution in [0.5, 0.6) is 5.75 Å². The van der Waals surface area contributed by atoms with Gasteiger partial charge < -0.3 is 19.9 Å². The topological polar surface area (TPSA) is 40.1 Å². The summed E-state index contributed by atoms with van der Waals surface area (Å²) < 4.78 is 5.24. The van der Waals surface area contributed by atoms with Gasteiger partial charge in [-0.05, 0) is 37.7 Å². The SMILES string of the molecule is CCN(C)CCNC(=NC)N1CCC(c2ccc(OC)cc2)C1. The van der Waals surface area contributed by atoms with Gasteiger partial charge >= 0.3 is 0 Å². The van der Waals surface area contributed by atoms with Gasteiger partial charge in [0, 0.05) is 39.1 Å². The van der Waals surface area contributed by atoms with Crippen LogP contribution in [0, 0.1) is 0 Å². The van der Waals surface area contributed by atoms with E-state index in [1.807, 2.05) is 19.2 Å². The summed E-state index contributed by atoms with van der Waals surface area (Å²) in [6.45, 7) is 7.29. The molecule has 0 aliphatic carbocycles. The third-order valence-corrected chi connectivity index (χ3v) is 4.60. The number of benzene rings is 1. The van der Waals surface area contributed by atoms with Crippen LogP contribution in [0.1, 0.15) is 24.8 Å². The second-order valence-corrected chi connectivity index (χ2v) is 6.07. The van der Waals surface area contributed by atoms with E-state index in [9.17, 15) is 0 Å². The second kappa shape index (κ2) is 8.77. The Kier molecular flexibility index (Phi) is 6.71. The van der Waals surface area contributed by atoms with Crippen molar-refractivity contribution in [2.45, 2.75) is 19.3 Å². The average Bonchev–Trinajstić information content (AvgIpc) is 3.08. The number of ether oxygens (including phenoxy) is 1. The van der Waals surface area contributed by atoms with Crippen LogP contribution < -0.4 is 10.1 Å². The molecule has 0 aromatic heterocycles. The Labute approximate surface area is 140 Å². The minimum Gasteiger partial charge on any atom is -0.497 e. The van der Waals surface area contributed by atoms with E-state index in [1.54, 1.807) is 7.11 Å². The highest BCUT2D eigenvalue weighted by atomic mass is 16.5. The predicted molar refractivity (Wildman–Crippen MR) is 96.5 cm³/mol. The molecule has 1 saturated heterocycles. The fourth-order valence-electron chi connectivity index (χ4n) is 2.95. The van der Waals surface area contributed by atoms with Crippen molar-refractivity contribution in [3.8, 4) is 5.75 Å². The molecular weight excluding hydrogens is 288 g/mol. The Morgan fingerprint density at radius 2 is 2.13 bits per heavy atom. The quantitative estimate of drug-likeness (QED) is 0.643. The van der Waals surface area contributed by atoms with Gasteiger partial charge in [-0.1, -0.05) is 19.1 Å². The molecule has 2 rings (SSSR count). The summed E-state index contributed by atoms with van der Waals surface area (Å²) in [7, 11) is 5.71. The van der Waals surface area contributed by atoms with E-state index in [4.69, 9.17) is 4.74 Å². The maximum atomic E-state index is 5.24. The molecule has 0 saturated carbocycles. The van der Waals surface area contributed by atoms with Gasteiger partial charge in [0.25, 0.3) is 0 Å². The lowest BCUT2D eigenvalue weighted by Crippen LogP contribution is -2.42. The van der Waals surface area contributed by atoms with Gasteiger partial charge in [-0.25, -0.2) is 0 Å². The van der Waals surface area contributed by atoms with E-state index < -0.39 is 0 Å². The Morgan fingerprint density at radius 3 is 2.74 bits per heavy atom. The molecule has 1 unspecified atom stereocenters. The van der Waals surface area contributed by atoms with E-state index in [0.717, 1.165) is 44.4 Å². The number of likely N-dealkylation sites (N-methyl/N-ethyl adjacent to an activating group) is 1. The van der Waals surface area contributed by atoms with Crippen LogP contribution in [-0.2, 0) is 0 Å². The van der Waals surface area contributed by atoms with Gasteiger partial charge in [-0.3, -0.25) is 4.99 Å². The van der Waals surface area contributed by atoms with Gasteiger partial charge in [-0.2, -0.15) is 0 Å². The van der Waals surface area contributed by atoms with Gasteiger partial charge in [0.05, 0.1) is 7.11 Å². The summed E-state index contributed by atoms with van der Waals surface area (Å²) in [5.41, 5.74) is 1.38. The Morgan fingerprint density at radius 1 is 1.39 bits per heavy atom. The fourth-order valence-corrected chi connectivity index (χ4v) is 2.95. The lowest BCUT2D eigenvalue weighted by molar-refractivity contribution is 0.354. The molecule has 128 valence electrons. The molecule has 1 aromatic rings. The number of rotatable bonds is 6. The molecule has 1 aliphatic heterocycles. The van der Waals surface area contributed by atoms with Gasteiger partial charge in [0.2, 0.25) is 0 Å². The summed E-state index contributed by atoms with van der Waals surface area (Å²) >= 11 is 0. The van der Waals surface area contributed by atoms with Crippen molar-refractivity contribution in [2.75, 3.05) is 53.9 Å². The van der Waals surface area contributed by atoms with E-state index in [1.165, 1.54) is 12.0 Å². The first kappa shape index (κ1) is 17.6. The van der Waals surface area contributed by atoms with Crippen molar-refractivity contribution >= 4 is 5.96 Å². The number of hydrogen-bond donors (Lipinski definition) is 1. The molecule has 0 radical (unpaired) electrons. The standard InChI is InChI=1S/C18H30N4O/c1-5-21(3)13-11-20-18(19-2)22-12-10-16(14-22)15-6-8-17(23-4)9-7-15/h6-9,16H,5,10-14H2,1-4H3,(H,19,20). The molecule has 0 spiro atoms. The molecule has 5 nitrogen and oxygen atoms in total. The Hall–Kier alpha value is -1.75. The molecule has 1 fully saturated rings. The lowest BCUT2D eigenvalue weighted by atomic mass is 9.98. The number of likely N-dealkylation sites (tertiary alicyclic amines) is 1. The molecule has 1 aromatic carbocycles. The zero-order chi connectivity index (χ0) is 16.7. The Bertz CT molecular complexity index is 500. The summed E-state index contributed by atoms with van der Waals surface area (Å²) in [4.78, 5) is 9.10. The van der Waals surface area contributed by atoms with Crippen molar-refractivity contribution in [2.24, 2.45) is 4.99 Å². The van der Waals surface area contributed by atoms with Crippen LogP contribution in [0.3, 0.4) is 0 Å². The largest absolute Gasteiger partial charge is 0.497 e. The monoisotopic (exact) mass is 318 g/mol. The first-order valence-electron chi connectivity index (χ1n) is 8.46. The molecule has 23 heavy (non-hydrogen) atoms. The number of nitrogens with zero attached hydrogens (tertiary/aromatic N) is 3. The molecule has 1 atom stereocenters. The van der Waals surface area contributed by atoms with Crippen molar-refractivity contribution < 1.29 is 4.74 Å². The summed E-state index contributed by atoms with van der Waals surface area (Å²) in [5, 5.41) is 3.48. The van der Waals surface area contributed by atoms with Crippen molar-refractivity contribution in [1.82, 2.24) is 15.1 Å². The normalized spacial score (nSPS) is 18.6. The summed E-state index contributed by atoms with van der Waals surface area (Å²) in [5.74, 6) is 2.50. The number of aliphatic imine (C=N–C) groups is 1. The zero-order valence-electron chi connectivity index (χ0n) is 14.9. The Balaban J connectivity index is 1.87. The molecule has 5 heteroatoms. The van der Waals surface area contributed by atoms with Crippen LogP contribution in [0.25, 0.3) is 0 Å². The molecule has 1 aliphatic rings. The minimum absolute atomic E-state index is 0.567. The second-order valence-electron chi connectivity index (χ2n) is 6.07. The molecule has 0 bridgehead atoms. The first-order valence-corrected chi connectivity index (χ1v) is 8.46.